The second kappa shape index (κ2) is 8.30. The van der Waals surface area contributed by atoms with E-state index in [2.05, 4.69) is 29.3 Å². The minimum absolute atomic E-state index is 0.0766. The van der Waals surface area contributed by atoms with E-state index in [1.165, 1.54) is 36.6 Å². The van der Waals surface area contributed by atoms with Gasteiger partial charge in [0.25, 0.3) is 5.56 Å². The number of nitrogens with zero attached hydrogens (tertiary/aromatic N) is 4. The largest absolute Gasteiger partial charge is 0.298 e. The fraction of sp³-hybridized carbons (Fsp3) is 0.448. The number of Topliss-reactive ketones (excluding diaryl/α,β-unsaturated/α-hetero) is 1. The number of fused-ring (bicyclic) bond motifs is 3. The van der Waals surface area contributed by atoms with E-state index in [0.29, 0.717) is 34.4 Å². The van der Waals surface area contributed by atoms with Gasteiger partial charge in [0.05, 0.1) is 23.2 Å². The quantitative estimate of drug-likeness (QED) is 0.339. The van der Waals surface area contributed by atoms with Gasteiger partial charge in [0, 0.05) is 5.41 Å². The topological polar surface area (TPSA) is 69.3 Å². The number of aromatic nitrogens is 4. The summed E-state index contributed by atoms with van der Waals surface area (Å²) in [6.07, 6.45) is 7.24. The first-order valence-electron chi connectivity index (χ1n) is 13.1. The Morgan fingerprint density at radius 1 is 0.972 bits per heavy atom. The first-order chi connectivity index (χ1) is 17.5. The van der Waals surface area contributed by atoms with Crippen molar-refractivity contribution in [1.29, 1.82) is 0 Å². The molecule has 4 aliphatic carbocycles. The van der Waals surface area contributed by atoms with E-state index < -0.39 is 0 Å². The maximum atomic E-state index is 13.6. The summed E-state index contributed by atoms with van der Waals surface area (Å²) in [6.45, 7) is 2.47. The summed E-state index contributed by atoms with van der Waals surface area (Å²) in [5.41, 5.74) is 2.81. The van der Waals surface area contributed by atoms with Gasteiger partial charge in [-0.15, -0.1) is 10.2 Å². The molecule has 4 aliphatic rings. The molecule has 7 heteroatoms. The lowest BCUT2D eigenvalue weighted by Gasteiger charge is -2.56. The van der Waals surface area contributed by atoms with Crippen molar-refractivity contribution in [1.82, 2.24) is 19.2 Å². The Hall–Kier alpha value is -2.93. The first kappa shape index (κ1) is 22.3. The van der Waals surface area contributed by atoms with Gasteiger partial charge in [0.15, 0.2) is 5.16 Å². The Kier molecular flexibility index (Phi) is 5.14. The number of carbonyl (C=O) groups is 1. The number of carbonyl (C=O) groups excluding carboxylic acids is 1. The SMILES string of the molecule is Cc1ccc(Cn2c(=O)c3ccccc3n3c(SCC(=O)C45CC6CC(CC(C6)C4)C5)nnc23)cc1. The van der Waals surface area contributed by atoms with Crippen LogP contribution in [0.3, 0.4) is 0 Å². The van der Waals surface area contributed by atoms with E-state index in [0.717, 1.165) is 48.1 Å². The average Bonchev–Trinajstić information content (AvgIpc) is 3.29. The zero-order valence-corrected chi connectivity index (χ0v) is 21.3. The van der Waals surface area contributed by atoms with Crippen LogP contribution in [0.5, 0.6) is 0 Å². The standard InChI is InChI=1S/C29H30N4O2S/c1-18-6-8-19(9-7-18)16-32-26(35)23-4-2-3-5-24(23)33-27(32)30-31-28(33)36-17-25(34)29-13-20-10-21(14-29)12-22(11-20)15-29/h2-9,20-22H,10-17H2,1H3. The van der Waals surface area contributed by atoms with Gasteiger partial charge in [0.1, 0.15) is 5.78 Å². The molecule has 2 aromatic carbocycles. The highest BCUT2D eigenvalue weighted by Gasteiger charge is 2.54. The molecule has 0 amide bonds. The lowest BCUT2D eigenvalue weighted by Crippen LogP contribution is -2.50. The number of ketones is 1. The van der Waals surface area contributed by atoms with Gasteiger partial charge in [-0.1, -0.05) is 53.7 Å². The third-order valence-corrected chi connectivity index (χ3v) is 9.83. The van der Waals surface area contributed by atoms with Crippen LogP contribution < -0.4 is 5.56 Å². The van der Waals surface area contributed by atoms with E-state index in [1.807, 2.05) is 40.8 Å². The van der Waals surface area contributed by atoms with Crippen molar-refractivity contribution < 1.29 is 4.79 Å². The molecule has 4 saturated carbocycles. The fourth-order valence-electron chi connectivity index (χ4n) is 7.58. The van der Waals surface area contributed by atoms with E-state index in [9.17, 15) is 9.59 Å². The molecule has 0 unspecified atom stereocenters. The van der Waals surface area contributed by atoms with Crippen molar-refractivity contribution in [3.05, 3.63) is 70.0 Å². The van der Waals surface area contributed by atoms with Crippen LogP contribution in [-0.2, 0) is 11.3 Å². The molecule has 2 aromatic heterocycles. The first-order valence-corrected chi connectivity index (χ1v) is 14.1. The van der Waals surface area contributed by atoms with Crippen molar-refractivity contribution in [3.8, 4) is 0 Å². The summed E-state index contributed by atoms with van der Waals surface area (Å²) in [7, 11) is 0. The number of aryl methyl sites for hydroxylation is 1. The van der Waals surface area contributed by atoms with Gasteiger partial charge in [-0.3, -0.25) is 18.6 Å². The molecule has 0 aliphatic heterocycles. The molecule has 0 saturated heterocycles. The monoisotopic (exact) mass is 498 g/mol. The van der Waals surface area contributed by atoms with E-state index in [-0.39, 0.29) is 11.0 Å². The van der Waals surface area contributed by atoms with Gasteiger partial charge >= 0.3 is 0 Å². The Morgan fingerprint density at radius 2 is 1.64 bits per heavy atom. The smallest absolute Gasteiger partial charge is 0.263 e. The van der Waals surface area contributed by atoms with Gasteiger partial charge in [-0.05, 0) is 80.9 Å². The zero-order valence-electron chi connectivity index (χ0n) is 20.5. The summed E-state index contributed by atoms with van der Waals surface area (Å²) >= 11 is 1.48. The summed E-state index contributed by atoms with van der Waals surface area (Å²) in [5, 5.41) is 10.3. The fourth-order valence-corrected chi connectivity index (χ4v) is 8.56. The molecule has 4 fully saturated rings. The number of benzene rings is 2. The Bertz CT molecular complexity index is 1520. The van der Waals surface area contributed by atoms with Crippen molar-refractivity contribution in [2.75, 3.05) is 5.75 Å². The molecule has 0 radical (unpaired) electrons. The molecule has 4 bridgehead atoms. The van der Waals surface area contributed by atoms with Gasteiger partial charge in [-0.2, -0.15) is 0 Å². The predicted octanol–water partition coefficient (Wildman–Crippen LogP) is 5.28. The van der Waals surface area contributed by atoms with Gasteiger partial charge < -0.3 is 0 Å². The third kappa shape index (κ3) is 3.54. The Morgan fingerprint density at radius 3 is 2.33 bits per heavy atom. The van der Waals surface area contributed by atoms with Crippen LogP contribution >= 0.6 is 11.8 Å². The Balaban J connectivity index is 1.24. The third-order valence-electron chi connectivity index (χ3n) is 8.90. The molecule has 36 heavy (non-hydrogen) atoms. The van der Waals surface area contributed by atoms with Crippen LogP contribution in [0.4, 0.5) is 0 Å². The second-order valence-electron chi connectivity index (χ2n) is 11.4. The molecule has 2 heterocycles. The number of thioether (sulfide) groups is 1. The van der Waals surface area contributed by atoms with Gasteiger partial charge in [-0.25, -0.2) is 0 Å². The highest BCUT2D eigenvalue weighted by Crippen LogP contribution is 2.60. The summed E-state index contributed by atoms with van der Waals surface area (Å²) < 4.78 is 3.66. The lowest BCUT2D eigenvalue weighted by atomic mass is 9.48. The van der Waals surface area contributed by atoms with E-state index in [4.69, 9.17) is 0 Å². The van der Waals surface area contributed by atoms with Gasteiger partial charge in [0.2, 0.25) is 5.78 Å². The number of para-hydroxylation sites is 1. The molecule has 8 rings (SSSR count). The van der Waals surface area contributed by atoms with Crippen molar-refractivity contribution in [2.24, 2.45) is 23.2 Å². The Labute approximate surface area is 214 Å². The summed E-state index contributed by atoms with van der Waals surface area (Å²) in [6, 6.07) is 15.8. The highest BCUT2D eigenvalue weighted by atomic mass is 32.2. The van der Waals surface area contributed by atoms with Crippen LogP contribution in [0.25, 0.3) is 16.7 Å². The van der Waals surface area contributed by atoms with Crippen molar-refractivity contribution in [3.63, 3.8) is 0 Å². The molecular formula is C29H30N4O2S. The molecule has 4 aromatic rings. The predicted molar refractivity (Wildman–Crippen MR) is 141 cm³/mol. The maximum absolute atomic E-state index is 13.6. The van der Waals surface area contributed by atoms with E-state index in [1.54, 1.807) is 4.57 Å². The molecule has 6 nitrogen and oxygen atoms in total. The van der Waals surface area contributed by atoms with E-state index >= 15 is 0 Å². The lowest BCUT2D eigenvalue weighted by molar-refractivity contribution is -0.141. The molecule has 0 spiro atoms. The van der Waals surface area contributed by atoms with Crippen molar-refractivity contribution in [2.45, 2.75) is 57.1 Å². The van der Waals surface area contributed by atoms with Crippen LogP contribution in [-0.4, -0.2) is 30.7 Å². The molecule has 0 N–H and O–H groups in total. The second-order valence-corrected chi connectivity index (χ2v) is 12.4. The number of hydrogen-bond acceptors (Lipinski definition) is 5. The minimum atomic E-state index is -0.113. The summed E-state index contributed by atoms with van der Waals surface area (Å²) in [5.74, 6) is 3.57. The molecular weight excluding hydrogens is 468 g/mol. The van der Waals surface area contributed by atoms with Crippen LogP contribution in [0.2, 0.25) is 0 Å². The zero-order chi connectivity index (χ0) is 24.4. The number of hydrogen-bond donors (Lipinski definition) is 0. The number of rotatable bonds is 6. The van der Waals surface area contributed by atoms with Crippen LogP contribution in [0.1, 0.15) is 49.7 Å². The van der Waals surface area contributed by atoms with Crippen LogP contribution in [0, 0.1) is 30.1 Å². The average molecular weight is 499 g/mol. The minimum Gasteiger partial charge on any atom is -0.298 e. The summed E-state index contributed by atoms with van der Waals surface area (Å²) in [4.78, 5) is 27.1. The molecule has 184 valence electrons. The van der Waals surface area contributed by atoms with Crippen LogP contribution in [0.15, 0.2) is 58.5 Å². The maximum Gasteiger partial charge on any atom is 0.263 e. The van der Waals surface area contributed by atoms with Crippen molar-refractivity contribution >= 4 is 34.2 Å². The normalized spacial score (nSPS) is 26.8. The molecule has 0 atom stereocenters. The highest BCUT2D eigenvalue weighted by molar-refractivity contribution is 7.99.